The van der Waals surface area contributed by atoms with Gasteiger partial charge in [0, 0.05) is 61.0 Å². The van der Waals surface area contributed by atoms with Crippen LogP contribution in [0.5, 0.6) is 0 Å². The van der Waals surface area contributed by atoms with Crippen LogP contribution in [0.25, 0.3) is 33.8 Å². The zero-order chi connectivity index (χ0) is 27.6. The van der Waals surface area contributed by atoms with Crippen LogP contribution in [-0.2, 0) is 26.4 Å². The average Bonchev–Trinajstić information content (AvgIpc) is 3.43. The number of hydrogen-bond acceptors (Lipinski definition) is 6. The molecule has 9 nitrogen and oxygen atoms in total. The van der Waals surface area contributed by atoms with Crippen LogP contribution in [0.3, 0.4) is 0 Å². The van der Waals surface area contributed by atoms with E-state index in [1.165, 1.54) is 6.33 Å². The normalized spacial score (nSPS) is 12.7. The molecule has 0 bridgehead atoms. The Balaban J connectivity index is 1.32. The van der Waals surface area contributed by atoms with E-state index in [0.29, 0.717) is 25.3 Å². The number of rotatable bonds is 5. The number of anilines is 1. The molecule has 1 N–H and O–H groups in total. The van der Waals surface area contributed by atoms with E-state index < -0.39 is 0 Å². The highest BCUT2D eigenvalue weighted by Crippen LogP contribution is 2.33. The number of amides is 2. The third kappa shape index (κ3) is 5.05. The summed E-state index contributed by atoms with van der Waals surface area (Å²) in [5.74, 6) is 0.592. The second-order valence-electron chi connectivity index (χ2n) is 10.0. The number of aryl methyl sites for hydroxylation is 3. The SMILES string of the molecule is CCc1cc(NC(=O)N2CCc3nc(-c4cncnc4)nc(-c4ccccc4C)c3C2)cc(-c2cnn(C)c2)c1. The molecule has 0 saturated carbocycles. The van der Waals surface area contributed by atoms with Gasteiger partial charge in [-0.3, -0.25) is 4.68 Å². The quantitative estimate of drug-likeness (QED) is 0.324. The first kappa shape index (κ1) is 25.4. The van der Waals surface area contributed by atoms with Crippen molar-refractivity contribution in [2.75, 3.05) is 11.9 Å². The molecule has 3 aromatic heterocycles. The zero-order valence-corrected chi connectivity index (χ0v) is 22.8. The van der Waals surface area contributed by atoms with Crippen LogP contribution in [0.1, 0.15) is 29.3 Å². The van der Waals surface area contributed by atoms with Gasteiger partial charge in [0.2, 0.25) is 0 Å². The molecule has 1 aliphatic rings. The molecule has 0 fully saturated rings. The van der Waals surface area contributed by atoms with Crippen molar-refractivity contribution in [2.45, 2.75) is 33.2 Å². The number of carbonyl (C=O) groups excluding carboxylic acids is 1. The number of fused-ring (bicyclic) bond motifs is 1. The highest BCUT2D eigenvalue weighted by molar-refractivity contribution is 5.91. The van der Waals surface area contributed by atoms with Gasteiger partial charge >= 0.3 is 6.03 Å². The lowest BCUT2D eigenvalue weighted by Crippen LogP contribution is -2.39. The van der Waals surface area contributed by atoms with E-state index in [1.807, 2.05) is 48.6 Å². The number of nitrogens with one attached hydrogen (secondary N) is 1. The lowest BCUT2D eigenvalue weighted by Gasteiger charge is -2.30. The van der Waals surface area contributed by atoms with Gasteiger partial charge in [0.1, 0.15) is 6.33 Å². The van der Waals surface area contributed by atoms with Crippen molar-refractivity contribution in [3.63, 3.8) is 0 Å². The van der Waals surface area contributed by atoms with E-state index in [9.17, 15) is 4.79 Å². The first-order chi connectivity index (χ1) is 19.5. The molecule has 6 rings (SSSR count). The van der Waals surface area contributed by atoms with E-state index in [1.54, 1.807) is 17.1 Å². The molecule has 200 valence electrons. The number of benzene rings is 2. The van der Waals surface area contributed by atoms with Crippen LogP contribution < -0.4 is 5.32 Å². The lowest BCUT2D eigenvalue weighted by atomic mass is 9.96. The number of carbonyl (C=O) groups is 1. The van der Waals surface area contributed by atoms with Gasteiger partial charge in [-0.05, 0) is 42.2 Å². The van der Waals surface area contributed by atoms with Crippen molar-refractivity contribution in [2.24, 2.45) is 7.05 Å². The third-order valence-electron chi connectivity index (χ3n) is 7.26. The Morgan fingerprint density at radius 3 is 2.58 bits per heavy atom. The minimum Gasteiger partial charge on any atom is -0.320 e. The van der Waals surface area contributed by atoms with E-state index in [-0.39, 0.29) is 6.03 Å². The Morgan fingerprint density at radius 1 is 1.00 bits per heavy atom. The Morgan fingerprint density at radius 2 is 1.82 bits per heavy atom. The zero-order valence-electron chi connectivity index (χ0n) is 22.8. The van der Waals surface area contributed by atoms with Gasteiger partial charge in [-0.25, -0.2) is 24.7 Å². The standard InChI is InChI=1S/C31H30N8O/c1-4-21-11-22(24-16-34-38(3)17-24)13-25(12-21)35-31(40)39-10-9-28-27(18-39)29(26-8-6-5-7-20(26)2)37-30(36-28)23-14-32-19-33-15-23/h5-8,11-17,19H,4,9-10,18H2,1-3H3,(H,35,40). The molecule has 9 heteroatoms. The molecule has 0 aliphatic carbocycles. The first-order valence-corrected chi connectivity index (χ1v) is 13.4. The predicted octanol–water partition coefficient (Wildman–Crippen LogP) is 5.46. The summed E-state index contributed by atoms with van der Waals surface area (Å²) in [4.78, 5) is 33.6. The molecule has 2 aromatic carbocycles. The molecular weight excluding hydrogens is 500 g/mol. The van der Waals surface area contributed by atoms with E-state index in [2.05, 4.69) is 52.4 Å². The topological polar surface area (TPSA) is 102 Å². The minimum absolute atomic E-state index is 0.146. The maximum atomic E-state index is 13.6. The van der Waals surface area contributed by atoms with Crippen molar-refractivity contribution in [1.29, 1.82) is 0 Å². The van der Waals surface area contributed by atoms with Gasteiger partial charge < -0.3 is 10.2 Å². The third-order valence-corrected chi connectivity index (χ3v) is 7.26. The molecule has 0 atom stereocenters. The summed E-state index contributed by atoms with van der Waals surface area (Å²) in [6.07, 6.45) is 10.2. The summed E-state index contributed by atoms with van der Waals surface area (Å²) in [6.45, 7) is 5.15. The fourth-order valence-electron chi connectivity index (χ4n) is 5.10. The first-order valence-electron chi connectivity index (χ1n) is 13.4. The molecule has 40 heavy (non-hydrogen) atoms. The van der Waals surface area contributed by atoms with Gasteiger partial charge in [-0.15, -0.1) is 0 Å². The molecule has 0 unspecified atom stereocenters. The number of urea groups is 1. The van der Waals surface area contributed by atoms with Crippen molar-refractivity contribution in [3.8, 4) is 33.8 Å². The van der Waals surface area contributed by atoms with Gasteiger partial charge in [-0.1, -0.05) is 37.3 Å². The van der Waals surface area contributed by atoms with Crippen LogP contribution in [0.2, 0.25) is 0 Å². The van der Waals surface area contributed by atoms with E-state index in [0.717, 1.165) is 62.4 Å². The van der Waals surface area contributed by atoms with Crippen molar-refractivity contribution in [3.05, 3.63) is 96.0 Å². The van der Waals surface area contributed by atoms with Gasteiger partial charge in [0.15, 0.2) is 5.82 Å². The summed E-state index contributed by atoms with van der Waals surface area (Å²) in [7, 11) is 1.90. The van der Waals surface area contributed by atoms with Gasteiger partial charge in [-0.2, -0.15) is 5.10 Å². The summed E-state index contributed by atoms with van der Waals surface area (Å²) < 4.78 is 1.78. The summed E-state index contributed by atoms with van der Waals surface area (Å²) >= 11 is 0. The predicted molar refractivity (Wildman–Crippen MR) is 154 cm³/mol. The van der Waals surface area contributed by atoms with Crippen LogP contribution >= 0.6 is 0 Å². The Bertz CT molecular complexity index is 1700. The molecule has 1 aliphatic heterocycles. The largest absolute Gasteiger partial charge is 0.322 e. The van der Waals surface area contributed by atoms with Crippen LogP contribution in [0, 0.1) is 6.92 Å². The molecular formula is C31H30N8O. The Labute approximate surface area is 233 Å². The number of hydrogen-bond donors (Lipinski definition) is 1. The minimum atomic E-state index is -0.146. The molecule has 2 amide bonds. The average molecular weight is 531 g/mol. The fourth-order valence-corrected chi connectivity index (χ4v) is 5.10. The second kappa shape index (κ2) is 10.7. The Hall–Kier alpha value is -4.92. The molecule has 0 radical (unpaired) electrons. The van der Waals surface area contributed by atoms with Crippen LogP contribution in [0.15, 0.2) is 73.6 Å². The van der Waals surface area contributed by atoms with Gasteiger partial charge in [0.05, 0.1) is 29.7 Å². The summed E-state index contributed by atoms with van der Waals surface area (Å²) in [6, 6.07) is 14.2. The fraction of sp³-hybridized carbons (Fsp3) is 0.226. The number of aromatic nitrogens is 6. The maximum absolute atomic E-state index is 13.6. The van der Waals surface area contributed by atoms with Crippen molar-refractivity contribution in [1.82, 2.24) is 34.6 Å². The molecule has 4 heterocycles. The molecule has 5 aromatic rings. The van der Waals surface area contributed by atoms with E-state index in [4.69, 9.17) is 9.97 Å². The summed E-state index contributed by atoms with van der Waals surface area (Å²) in [5, 5.41) is 7.45. The Kier molecular flexibility index (Phi) is 6.77. The van der Waals surface area contributed by atoms with Crippen molar-refractivity contribution < 1.29 is 4.79 Å². The number of nitrogens with zero attached hydrogens (tertiary/aromatic N) is 7. The van der Waals surface area contributed by atoms with Crippen molar-refractivity contribution >= 4 is 11.7 Å². The monoisotopic (exact) mass is 530 g/mol. The highest BCUT2D eigenvalue weighted by atomic mass is 16.2. The molecule has 0 spiro atoms. The molecule has 0 saturated heterocycles. The lowest BCUT2D eigenvalue weighted by molar-refractivity contribution is 0.206. The smallest absolute Gasteiger partial charge is 0.320 e. The second-order valence-corrected chi connectivity index (χ2v) is 10.0. The van der Waals surface area contributed by atoms with Crippen LogP contribution in [0.4, 0.5) is 10.5 Å². The summed E-state index contributed by atoms with van der Waals surface area (Å²) in [5.41, 5.74) is 9.61. The van der Waals surface area contributed by atoms with E-state index >= 15 is 0 Å². The maximum Gasteiger partial charge on any atom is 0.322 e. The highest BCUT2D eigenvalue weighted by Gasteiger charge is 2.27. The van der Waals surface area contributed by atoms with Crippen LogP contribution in [-0.4, -0.2) is 47.2 Å². The van der Waals surface area contributed by atoms with Gasteiger partial charge in [0.25, 0.3) is 0 Å².